The second-order valence-electron chi connectivity index (χ2n) is 4.82. The summed E-state index contributed by atoms with van der Waals surface area (Å²) in [7, 11) is 0. The fourth-order valence-electron chi connectivity index (χ4n) is 2.32. The summed E-state index contributed by atoms with van der Waals surface area (Å²) < 4.78 is 40.4. The zero-order chi connectivity index (χ0) is 14.8. The van der Waals surface area contributed by atoms with Crippen molar-refractivity contribution in [2.75, 3.05) is 31.1 Å². The van der Waals surface area contributed by atoms with Crippen molar-refractivity contribution in [3.05, 3.63) is 29.6 Å². The smallest absolute Gasteiger partial charge is 0.245 e. The minimum absolute atomic E-state index is 0.0443. The van der Waals surface area contributed by atoms with Crippen LogP contribution in [0, 0.1) is 17.5 Å². The molecule has 1 aliphatic rings. The third-order valence-corrected chi connectivity index (χ3v) is 3.34. The number of halogens is 3. The summed E-state index contributed by atoms with van der Waals surface area (Å²) in [4.78, 5) is 6.06. The van der Waals surface area contributed by atoms with Gasteiger partial charge in [0.15, 0.2) is 5.82 Å². The maximum atomic E-state index is 13.7. The Morgan fingerprint density at radius 3 is 2.57 bits per heavy atom. The lowest BCUT2D eigenvalue weighted by Crippen LogP contribution is -2.28. The highest BCUT2D eigenvalue weighted by atomic mass is 19.1. The van der Waals surface area contributed by atoms with E-state index in [1.165, 1.54) is 0 Å². The second kappa shape index (κ2) is 5.72. The summed E-state index contributed by atoms with van der Waals surface area (Å²) in [5.74, 6) is -2.64. The predicted molar refractivity (Wildman–Crippen MR) is 71.4 cm³/mol. The van der Waals surface area contributed by atoms with Crippen molar-refractivity contribution in [3.8, 4) is 11.4 Å². The van der Waals surface area contributed by atoms with Gasteiger partial charge in [0.25, 0.3) is 0 Å². The van der Waals surface area contributed by atoms with Gasteiger partial charge in [-0.05, 0) is 13.0 Å². The average molecular weight is 297 g/mol. The lowest BCUT2D eigenvalue weighted by molar-refractivity contribution is 0.547. The summed E-state index contributed by atoms with van der Waals surface area (Å²) in [5.41, 5.74) is -0.400. The lowest BCUT2D eigenvalue weighted by Gasteiger charge is -2.16. The largest absolute Gasteiger partial charge is 0.338 e. The molecule has 21 heavy (non-hydrogen) atoms. The fourth-order valence-corrected chi connectivity index (χ4v) is 2.32. The van der Waals surface area contributed by atoms with Crippen LogP contribution in [0.15, 0.2) is 12.1 Å². The fraction of sp³-hybridized carbons (Fsp3) is 0.385. The quantitative estimate of drug-likeness (QED) is 0.885. The Hall–Kier alpha value is -2.09. The number of hydrogen-bond acceptors (Lipinski definition) is 4. The molecule has 1 aromatic carbocycles. The molecule has 1 saturated heterocycles. The first-order valence-electron chi connectivity index (χ1n) is 6.68. The first-order valence-corrected chi connectivity index (χ1v) is 6.68. The first kappa shape index (κ1) is 13.9. The number of aromatic amines is 1. The van der Waals surface area contributed by atoms with Gasteiger partial charge in [0.05, 0.1) is 5.56 Å². The number of rotatable bonds is 2. The van der Waals surface area contributed by atoms with Crippen molar-refractivity contribution in [1.29, 1.82) is 0 Å². The van der Waals surface area contributed by atoms with Crippen molar-refractivity contribution in [2.45, 2.75) is 6.42 Å². The van der Waals surface area contributed by atoms with Crippen LogP contribution in [0.2, 0.25) is 0 Å². The number of H-pyrrole nitrogens is 1. The maximum Gasteiger partial charge on any atom is 0.245 e. The normalized spacial score (nSPS) is 16.0. The van der Waals surface area contributed by atoms with Gasteiger partial charge in [-0.2, -0.15) is 4.98 Å². The molecule has 0 spiro atoms. The van der Waals surface area contributed by atoms with Crippen LogP contribution in [0.25, 0.3) is 11.4 Å². The summed E-state index contributed by atoms with van der Waals surface area (Å²) in [6.07, 6.45) is 0.934. The Balaban J connectivity index is 1.91. The summed E-state index contributed by atoms with van der Waals surface area (Å²) in [6.45, 7) is 3.18. The van der Waals surface area contributed by atoms with Crippen molar-refractivity contribution in [1.82, 2.24) is 20.5 Å². The third-order valence-electron chi connectivity index (χ3n) is 3.34. The molecule has 2 aromatic rings. The molecule has 0 amide bonds. The molecule has 1 aromatic heterocycles. The first-order chi connectivity index (χ1) is 10.1. The van der Waals surface area contributed by atoms with Crippen LogP contribution in [-0.4, -0.2) is 41.4 Å². The molecule has 8 heteroatoms. The number of anilines is 1. The Bertz CT molecular complexity index is 611. The highest BCUT2D eigenvalue weighted by Gasteiger charge is 2.20. The van der Waals surface area contributed by atoms with Crippen LogP contribution in [-0.2, 0) is 0 Å². The van der Waals surface area contributed by atoms with Gasteiger partial charge in [-0.3, -0.25) is 5.10 Å². The molecule has 0 atom stereocenters. The van der Waals surface area contributed by atoms with Gasteiger partial charge in [-0.25, -0.2) is 13.2 Å². The van der Waals surface area contributed by atoms with E-state index in [-0.39, 0.29) is 5.82 Å². The molecule has 0 radical (unpaired) electrons. The van der Waals surface area contributed by atoms with Crippen LogP contribution in [0.5, 0.6) is 0 Å². The molecule has 3 rings (SSSR count). The molecule has 0 saturated carbocycles. The Kier molecular flexibility index (Phi) is 3.78. The molecule has 2 heterocycles. The minimum atomic E-state index is -1.01. The zero-order valence-corrected chi connectivity index (χ0v) is 11.2. The van der Waals surface area contributed by atoms with Crippen molar-refractivity contribution >= 4 is 5.95 Å². The monoisotopic (exact) mass is 297 g/mol. The summed E-state index contributed by atoms with van der Waals surface area (Å²) >= 11 is 0. The van der Waals surface area contributed by atoms with E-state index in [9.17, 15) is 13.2 Å². The average Bonchev–Trinajstić information content (AvgIpc) is 2.72. The van der Waals surface area contributed by atoms with E-state index >= 15 is 0 Å². The van der Waals surface area contributed by atoms with E-state index in [0.717, 1.165) is 26.1 Å². The number of hydrogen-bond donors (Lipinski definition) is 2. The van der Waals surface area contributed by atoms with Crippen molar-refractivity contribution < 1.29 is 13.2 Å². The topological polar surface area (TPSA) is 56.8 Å². The number of benzene rings is 1. The molecule has 112 valence electrons. The molecule has 0 bridgehead atoms. The van der Waals surface area contributed by atoms with E-state index < -0.39 is 23.0 Å². The highest BCUT2D eigenvalue weighted by Crippen LogP contribution is 2.25. The van der Waals surface area contributed by atoms with E-state index in [1.807, 2.05) is 4.90 Å². The summed E-state index contributed by atoms with van der Waals surface area (Å²) in [5, 5.41) is 9.75. The van der Waals surface area contributed by atoms with Gasteiger partial charge in [0, 0.05) is 31.8 Å². The van der Waals surface area contributed by atoms with Gasteiger partial charge in [-0.15, -0.1) is 5.10 Å². The Morgan fingerprint density at radius 1 is 1.05 bits per heavy atom. The van der Waals surface area contributed by atoms with Gasteiger partial charge in [0.1, 0.15) is 17.5 Å². The van der Waals surface area contributed by atoms with Gasteiger partial charge in [-0.1, -0.05) is 0 Å². The molecule has 2 N–H and O–H groups in total. The van der Waals surface area contributed by atoms with Crippen LogP contribution < -0.4 is 10.2 Å². The lowest BCUT2D eigenvalue weighted by atomic mass is 10.2. The highest BCUT2D eigenvalue weighted by molar-refractivity contribution is 5.58. The number of nitrogens with one attached hydrogen (secondary N) is 2. The molecular formula is C13H14F3N5. The van der Waals surface area contributed by atoms with E-state index in [4.69, 9.17) is 0 Å². The zero-order valence-electron chi connectivity index (χ0n) is 11.2. The van der Waals surface area contributed by atoms with Crippen LogP contribution >= 0.6 is 0 Å². The van der Waals surface area contributed by atoms with Crippen LogP contribution in [0.4, 0.5) is 19.1 Å². The van der Waals surface area contributed by atoms with E-state index in [2.05, 4.69) is 20.5 Å². The standard InChI is InChI=1S/C13H14F3N5/c14-8-6-9(15)11(10(16)7-8)12-18-13(20-19-12)21-4-1-2-17-3-5-21/h6-7,17H,1-5H2,(H,18,19,20). The molecule has 0 unspecified atom stereocenters. The third kappa shape index (κ3) is 2.85. The molecule has 1 aliphatic heterocycles. The SMILES string of the molecule is Fc1cc(F)c(-c2nc(N3CCCNCC3)n[nH]2)c(F)c1. The van der Waals surface area contributed by atoms with Crippen LogP contribution in [0.3, 0.4) is 0 Å². The molecular weight excluding hydrogens is 283 g/mol. The Labute approximate surface area is 119 Å². The second-order valence-corrected chi connectivity index (χ2v) is 4.82. The summed E-state index contributed by atoms with van der Waals surface area (Å²) in [6, 6.07) is 1.24. The molecule has 1 fully saturated rings. The Morgan fingerprint density at radius 2 is 1.81 bits per heavy atom. The predicted octanol–water partition coefficient (Wildman–Crippen LogP) is 1.69. The number of nitrogens with zero attached hydrogens (tertiary/aromatic N) is 3. The van der Waals surface area contributed by atoms with Crippen molar-refractivity contribution in [2.24, 2.45) is 0 Å². The number of aromatic nitrogens is 3. The van der Waals surface area contributed by atoms with Gasteiger partial charge >= 0.3 is 0 Å². The van der Waals surface area contributed by atoms with E-state index in [1.54, 1.807) is 0 Å². The maximum absolute atomic E-state index is 13.7. The molecule has 5 nitrogen and oxygen atoms in total. The van der Waals surface area contributed by atoms with E-state index in [0.29, 0.717) is 24.6 Å². The van der Waals surface area contributed by atoms with Crippen LogP contribution in [0.1, 0.15) is 6.42 Å². The minimum Gasteiger partial charge on any atom is -0.338 e. The van der Waals surface area contributed by atoms with Crippen molar-refractivity contribution in [3.63, 3.8) is 0 Å². The van der Waals surface area contributed by atoms with Gasteiger partial charge < -0.3 is 10.2 Å². The molecule has 0 aliphatic carbocycles. The van der Waals surface area contributed by atoms with Gasteiger partial charge in [0.2, 0.25) is 5.95 Å².